The predicted octanol–water partition coefficient (Wildman–Crippen LogP) is 4.50. The lowest BCUT2D eigenvalue weighted by atomic mass is 9.97. The summed E-state index contributed by atoms with van der Waals surface area (Å²) >= 11 is 0. The average Bonchev–Trinajstić information content (AvgIpc) is 2.76. The molecule has 0 bridgehead atoms. The highest BCUT2D eigenvalue weighted by atomic mass is 32.2. The van der Waals surface area contributed by atoms with E-state index in [9.17, 15) is 13.2 Å². The molecule has 0 atom stereocenters. The largest absolute Gasteiger partial charge is 0.326 e. The van der Waals surface area contributed by atoms with E-state index in [-0.39, 0.29) is 11.8 Å². The van der Waals surface area contributed by atoms with Gasteiger partial charge < -0.3 is 5.32 Å². The molecule has 1 aliphatic heterocycles. The van der Waals surface area contributed by atoms with E-state index < -0.39 is 10.0 Å². The van der Waals surface area contributed by atoms with E-state index >= 15 is 0 Å². The summed E-state index contributed by atoms with van der Waals surface area (Å²) in [6, 6.07) is 18.8. The van der Waals surface area contributed by atoms with Crippen molar-refractivity contribution in [2.45, 2.75) is 31.6 Å². The van der Waals surface area contributed by atoms with Crippen molar-refractivity contribution in [1.82, 2.24) is 4.31 Å². The van der Waals surface area contributed by atoms with Gasteiger partial charge in [0.1, 0.15) is 0 Å². The Morgan fingerprint density at radius 2 is 1.60 bits per heavy atom. The zero-order valence-corrected chi connectivity index (χ0v) is 18.1. The van der Waals surface area contributed by atoms with Crippen molar-refractivity contribution in [3.8, 4) is 0 Å². The minimum Gasteiger partial charge on any atom is -0.326 e. The van der Waals surface area contributed by atoms with Crippen LogP contribution in [0.4, 0.5) is 5.69 Å². The van der Waals surface area contributed by atoms with Gasteiger partial charge in [0.05, 0.1) is 4.90 Å². The van der Waals surface area contributed by atoms with Crippen LogP contribution in [0, 0.1) is 19.8 Å². The first-order valence-electron chi connectivity index (χ1n) is 10.2. The average molecular weight is 423 g/mol. The monoisotopic (exact) mass is 422 g/mol. The van der Waals surface area contributed by atoms with Crippen LogP contribution >= 0.6 is 0 Å². The number of benzene rings is 3. The second-order valence-electron chi connectivity index (χ2n) is 7.98. The lowest BCUT2D eigenvalue weighted by Crippen LogP contribution is -2.41. The number of anilines is 1. The number of nitrogens with one attached hydrogen (secondary N) is 1. The second kappa shape index (κ2) is 8.20. The van der Waals surface area contributed by atoms with Gasteiger partial charge >= 0.3 is 0 Å². The van der Waals surface area contributed by atoms with Crippen molar-refractivity contribution in [3.63, 3.8) is 0 Å². The van der Waals surface area contributed by atoms with E-state index in [2.05, 4.69) is 5.32 Å². The molecule has 1 amide bonds. The Hall–Kier alpha value is -2.70. The molecule has 0 spiro atoms. The Labute approximate surface area is 177 Å². The maximum absolute atomic E-state index is 13.1. The normalized spacial score (nSPS) is 15.9. The molecule has 0 aromatic heterocycles. The molecule has 4 rings (SSSR count). The molecular weight excluding hydrogens is 396 g/mol. The molecule has 5 nitrogen and oxygen atoms in total. The first-order chi connectivity index (χ1) is 14.3. The van der Waals surface area contributed by atoms with Crippen LogP contribution in [-0.2, 0) is 14.8 Å². The molecule has 0 unspecified atom stereocenters. The molecule has 3 aromatic rings. The fourth-order valence-electron chi connectivity index (χ4n) is 3.90. The van der Waals surface area contributed by atoms with Gasteiger partial charge in [-0.25, -0.2) is 8.42 Å². The van der Waals surface area contributed by atoms with Crippen LogP contribution in [-0.4, -0.2) is 31.7 Å². The van der Waals surface area contributed by atoms with Gasteiger partial charge in [0, 0.05) is 24.7 Å². The summed E-state index contributed by atoms with van der Waals surface area (Å²) in [5.74, 6) is -0.226. The maximum atomic E-state index is 13.1. The van der Waals surface area contributed by atoms with Gasteiger partial charge in [-0.1, -0.05) is 36.4 Å². The van der Waals surface area contributed by atoms with Crippen LogP contribution in [0.3, 0.4) is 0 Å². The van der Waals surface area contributed by atoms with Crippen LogP contribution in [0.5, 0.6) is 0 Å². The molecular formula is C24H26N2O3S. The van der Waals surface area contributed by atoms with Gasteiger partial charge in [0.2, 0.25) is 15.9 Å². The standard InChI is InChI=1S/C24H26N2O3S/c1-17-7-9-22(15-18(17)2)25-24(27)20-11-13-26(14-12-20)30(28,29)23-10-8-19-5-3-4-6-21(19)16-23/h3-10,15-16,20H,11-14H2,1-2H3,(H,25,27). The number of carbonyl (C=O) groups is 1. The summed E-state index contributed by atoms with van der Waals surface area (Å²) in [7, 11) is -3.57. The molecule has 0 saturated carbocycles. The van der Waals surface area contributed by atoms with Gasteiger partial charge in [-0.15, -0.1) is 0 Å². The fraction of sp³-hybridized carbons (Fsp3) is 0.292. The molecule has 30 heavy (non-hydrogen) atoms. The Bertz CT molecular complexity index is 1200. The van der Waals surface area contributed by atoms with Gasteiger partial charge in [-0.3, -0.25) is 4.79 Å². The van der Waals surface area contributed by atoms with Crippen molar-refractivity contribution in [1.29, 1.82) is 0 Å². The number of aryl methyl sites for hydroxylation is 2. The third-order valence-electron chi connectivity index (χ3n) is 5.96. The summed E-state index contributed by atoms with van der Waals surface area (Å²) < 4.78 is 27.7. The van der Waals surface area contributed by atoms with Gasteiger partial charge in [-0.05, 0) is 72.9 Å². The third-order valence-corrected chi connectivity index (χ3v) is 7.85. The summed E-state index contributed by atoms with van der Waals surface area (Å²) in [6.07, 6.45) is 1.03. The highest BCUT2D eigenvalue weighted by molar-refractivity contribution is 7.89. The van der Waals surface area contributed by atoms with E-state index in [0.717, 1.165) is 22.0 Å². The van der Waals surface area contributed by atoms with Crippen LogP contribution < -0.4 is 5.32 Å². The van der Waals surface area contributed by atoms with Gasteiger partial charge in [0.15, 0.2) is 0 Å². The summed E-state index contributed by atoms with van der Waals surface area (Å²) in [4.78, 5) is 13.0. The predicted molar refractivity (Wildman–Crippen MR) is 120 cm³/mol. The van der Waals surface area contributed by atoms with E-state index in [1.54, 1.807) is 12.1 Å². The maximum Gasteiger partial charge on any atom is 0.243 e. The zero-order chi connectivity index (χ0) is 21.3. The number of hydrogen-bond acceptors (Lipinski definition) is 3. The van der Waals surface area contributed by atoms with Crippen LogP contribution in [0.25, 0.3) is 10.8 Å². The van der Waals surface area contributed by atoms with Crippen molar-refractivity contribution >= 4 is 32.4 Å². The van der Waals surface area contributed by atoms with Crippen LogP contribution in [0.2, 0.25) is 0 Å². The Kier molecular flexibility index (Phi) is 5.62. The number of fused-ring (bicyclic) bond motifs is 1. The Morgan fingerprint density at radius 1 is 0.900 bits per heavy atom. The van der Waals surface area contributed by atoms with Crippen LogP contribution in [0.1, 0.15) is 24.0 Å². The number of piperidine rings is 1. The van der Waals surface area contributed by atoms with Crippen molar-refractivity contribution in [3.05, 3.63) is 71.8 Å². The molecule has 3 aromatic carbocycles. The van der Waals surface area contributed by atoms with E-state index in [1.165, 1.54) is 9.87 Å². The number of amides is 1. The number of nitrogens with zero attached hydrogens (tertiary/aromatic N) is 1. The van der Waals surface area contributed by atoms with Crippen molar-refractivity contribution in [2.75, 3.05) is 18.4 Å². The Morgan fingerprint density at radius 3 is 2.30 bits per heavy atom. The molecule has 1 saturated heterocycles. The minimum atomic E-state index is -3.57. The third kappa shape index (κ3) is 4.11. The summed E-state index contributed by atoms with van der Waals surface area (Å²) in [5.41, 5.74) is 3.10. The first-order valence-corrected chi connectivity index (χ1v) is 11.7. The van der Waals surface area contributed by atoms with Crippen molar-refractivity contribution < 1.29 is 13.2 Å². The number of rotatable bonds is 4. The fourth-order valence-corrected chi connectivity index (χ4v) is 5.40. The summed E-state index contributed by atoms with van der Waals surface area (Å²) in [5, 5.41) is 4.89. The Balaban J connectivity index is 1.42. The molecule has 0 aliphatic carbocycles. The van der Waals surface area contributed by atoms with Gasteiger partial charge in [0.25, 0.3) is 0 Å². The van der Waals surface area contributed by atoms with E-state index in [1.807, 2.05) is 62.4 Å². The summed E-state index contributed by atoms with van der Waals surface area (Å²) in [6.45, 7) is 4.74. The van der Waals surface area contributed by atoms with Crippen molar-refractivity contribution in [2.24, 2.45) is 5.92 Å². The molecule has 1 heterocycles. The quantitative estimate of drug-likeness (QED) is 0.673. The smallest absolute Gasteiger partial charge is 0.243 e. The molecule has 1 N–H and O–H groups in total. The molecule has 6 heteroatoms. The topological polar surface area (TPSA) is 66.5 Å². The van der Waals surface area contributed by atoms with Crippen LogP contribution in [0.15, 0.2) is 65.6 Å². The highest BCUT2D eigenvalue weighted by Crippen LogP contribution is 2.27. The number of carbonyl (C=O) groups excluding carboxylic acids is 1. The highest BCUT2D eigenvalue weighted by Gasteiger charge is 2.32. The van der Waals surface area contributed by atoms with Gasteiger partial charge in [-0.2, -0.15) is 4.31 Å². The lowest BCUT2D eigenvalue weighted by molar-refractivity contribution is -0.120. The number of hydrogen-bond donors (Lipinski definition) is 1. The lowest BCUT2D eigenvalue weighted by Gasteiger charge is -2.30. The molecule has 1 fully saturated rings. The molecule has 1 aliphatic rings. The molecule has 0 radical (unpaired) electrons. The SMILES string of the molecule is Cc1ccc(NC(=O)C2CCN(S(=O)(=O)c3ccc4ccccc4c3)CC2)cc1C. The van der Waals surface area contributed by atoms with E-state index in [0.29, 0.717) is 30.8 Å². The number of sulfonamides is 1. The first kappa shape index (κ1) is 20.6. The zero-order valence-electron chi connectivity index (χ0n) is 17.3. The van der Waals surface area contributed by atoms with E-state index in [4.69, 9.17) is 0 Å². The molecule has 156 valence electrons. The second-order valence-corrected chi connectivity index (χ2v) is 9.91. The minimum absolute atomic E-state index is 0.0407.